The molecule has 1 atom stereocenters. The maximum Gasteiger partial charge on any atom is 0.341 e. The molecule has 9 heteroatoms. The minimum atomic E-state index is -0.580. The third kappa shape index (κ3) is 5.56. The van der Waals surface area contributed by atoms with Crippen molar-refractivity contribution >= 4 is 45.7 Å². The zero-order valence-corrected chi connectivity index (χ0v) is 18.3. The van der Waals surface area contributed by atoms with E-state index in [4.69, 9.17) is 16.3 Å². The fraction of sp³-hybridized carbons (Fsp3) is 0.350. The number of carbonyl (C=O) groups excluding carboxylic acids is 3. The topological polar surface area (TPSA) is 96.5 Å². The zero-order valence-electron chi connectivity index (χ0n) is 16.7. The van der Waals surface area contributed by atoms with Crippen LogP contribution < -0.4 is 16.0 Å². The van der Waals surface area contributed by atoms with Crippen LogP contribution in [0.1, 0.15) is 51.0 Å². The van der Waals surface area contributed by atoms with Gasteiger partial charge in [0.1, 0.15) is 5.00 Å². The summed E-state index contributed by atoms with van der Waals surface area (Å²) in [7, 11) is 1.50. The summed E-state index contributed by atoms with van der Waals surface area (Å²) >= 11 is 7.23. The minimum Gasteiger partial charge on any atom is -0.462 e. The summed E-state index contributed by atoms with van der Waals surface area (Å²) in [6, 6.07) is 7.24. The summed E-state index contributed by atoms with van der Waals surface area (Å²) < 4.78 is 5.08. The number of carbonyl (C=O) groups is 3. The Bertz CT molecular complexity index is 913. The number of rotatable bonds is 8. The molecule has 2 amide bonds. The molecule has 156 valence electrons. The molecule has 0 spiro atoms. The SMILES string of the molecule is CCOC(=O)c1c(NC(=O)CNC(C)c2ccccc2Cl)sc(C(=O)NC)c1C. The number of amides is 2. The van der Waals surface area contributed by atoms with Crippen molar-refractivity contribution in [1.82, 2.24) is 10.6 Å². The van der Waals surface area contributed by atoms with Gasteiger partial charge in [0.2, 0.25) is 5.91 Å². The molecule has 2 aromatic rings. The van der Waals surface area contributed by atoms with Gasteiger partial charge in [0.25, 0.3) is 5.91 Å². The molecule has 29 heavy (non-hydrogen) atoms. The van der Waals surface area contributed by atoms with E-state index in [0.717, 1.165) is 16.9 Å². The quantitative estimate of drug-likeness (QED) is 0.549. The number of ether oxygens (including phenoxy) is 1. The maximum atomic E-state index is 12.5. The predicted molar refractivity (Wildman–Crippen MR) is 115 cm³/mol. The van der Waals surface area contributed by atoms with Gasteiger partial charge in [-0.05, 0) is 38.0 Å². The molecule has 1 unspecified atom stereocenters. The van der Waals surface area contributed by atoms with Crippen LogP contribution in [0.5, 0.6) is 0 Å². The maximum absolute atomic E-state index is 12.5. The van der Waals surface area contributed by atoms with Crippen LogP contribution in [-0.2, 0) is 9.53 Å². The second-order valence-electron chi connectivity index (χ2n) is 6.23. The summed E-state index contributed by atoms with van der Waals surface area (Å²) in [6.45, 7) is 5.43. The van der Waals surface area contributed by atoms with E-state index in [-0.39, 0.29) is 41.6 Å². The van der Waals surface area contributed by atoms with Gasteiger partial charge in [-0.15, -0.1) is 11.3 Å². The fourth-order valence-electron chi connectivity index (χ4n) is 2.73. The van der Waals surface area contributed by atoms with Gasteiger partial charge in [-0.1, -0.05) is 29.8 Å². The highest BCUT2D eigenvalue weighted by molar-refractivity contribution is 7.18. The Balaban J connectivity index is 2.15. The van der Waals surface area contributed by atoms with E-state index in [1.54, 1.807) is 19.9 Å². The molecule has 0 aliphatic heterocycles. The number of thiophene rings is 1. The third-order valence-corrected chi connectivity index (χ3v) is 5.80. The van der Waals surface area contributed by atoms with Gasteiger partial charge in [0, 0.05) is 18.1 Å². The molecule has 0 fully saturated rings. The van der Waals surface area contributed by atoms with Gasteiger partial charge in [0.15, 0.2) is 0 Å². The lowest BCUT2D eigenvalue weighted by Gasteiger charge is -2.15. The van der Waals surface area contributed by atoms with Crippen molar-refractivity contribution in [2.45, 2.75) is 26.8 Å². The third-order valence-electron chi connectivity index (χ3n) is 4.25. The smallest absolute Gasteiger partial charge is 0.341 e. The van der Waals surface area contributed by atoms with Gasteiger partial charge in [0.05, 0.1) is 23.6 Å². The second kappa shape index (κ2) is 10.4. The Morgan fingerprint density at radius 3 is 2.55 bits per heavy atom. The number of anilines is 1. The number of hydrogen-bond acceptors (Lipinski definition) is 6. The lowest BCUT2D eigenvalue weighted by Crippen LogP contribution is -2.30. The number of esters is 1. The molecule has 0 aliphatic carbocycles. The van der Waals surface area contributed by atoms with Crippen molar-refractivity contribution in [3.63, 3.8) is 0 Å². The molecule has 3 N–H and O–H groups in total. The van der Waals surface area contributed by atoms with E-state index < -0.39 is 5.97 Å². The van der Waals surface area contributed by atoms with Crippen molar-refractivity contribution in [2.24, 2.45) is 0 Å². The lowest BCUT2D eigenvalue weighted by atomic mass is 10.1. The van der Waals surface area contributed by atoms with Gasteiger partial charge < -0.3 is 20.7 Å². The highest BCUT2D eigenvalue weighted by Crippen LogP contribution is 2.33. The summed E-state index contributed by atoms with van der Waals surface area (Å²) in [6.07, 6.45) is 0. The van der Waals surface area contributed by atoms with Crippen LogP contribution in [0.15, 0.2) is 24.3 Å². The molecule has 7 nitrogen and oxygen atoms in total. The van der Waals surface area contributed by atoms with E-state index >= 15 is 0 Å². The van der Waals surface area contributed by atoms with Gasteiger partial charge >= 0.3 is 5.97 Å². The largest absolute Gasteiger partial charge is 0.462 e. The highest BCUT2D eigenvalue weighted by atomic mass is 35.5. The Morgan fingerprint density at radius 1 is 1.24 bits per heavy atom. The first-order chi connectivity index (χ1) is 13.8. The lowest BCUT2D eigenvalue weighted by molar-refractivity contribution is -0.115. The Hall–Kier alpha value is -2.42. The average molecular weight is 438 g/mol. The molecule has 1 heterocycles. The van der Waals surface area contributed by atoms with Crippen LogP contribution in [0.3, 0.4) is 0 Å². The normalized spacial score (nSPS) is 11.6. The Kier molecular flexibility index (Phi) is 8.19. The molecule has 1 aromatic carbocycles. The van der Waals surface area contributed by atoms with E-state index in [1.165, 1.54) is 7.05 Å². The summed E-state index contributed by atoms with van der Waals surface area (Å²) in [5.41, 5.74) is 1.55. The van der Waals surface area contributed by atoms with Crippen LogP contribution in [-0.4, -0.2) is 38.0 Å². The molecule has 1 aromatic heterocycles. The number of hydrogen-bond donors (Lipinski definition) is 3. The van der Waals surface area contributed by atoms with Crippen LogP contribution in [0, 0.1) is 6.92 Å². The molecule has 0 saturated carbocycles. The van der Waals surface area contributed by atoms with E-state index in [1.807, 2.05) is 25.1 Å². The van der Waals surface area contributed by atoms with Gasteiger partial charge in [-0.3, -0.25) is 9.59 Å². The average Bonchev–Trinajstić information content (AvgIpc) is 3.01. The fourth-order valence-corrected chi connectivity index (χ4v) is 4.19. The Labute approximate surface area is 178 Å². The van der Waals surface area contributed by atoms with Crippen LogP contribution in [0.4, 0.5) is 5.00 Å². The van der Waals surface area contributed by atoms with Crippen molar-refractivity contribution in [1.29, 1.82) is 0 Å². The Morgan fingerprint density at radius 2 is 1.93 bits per heavy atom. The van der Waals surface area contributed by atoms with E-state index in [9.17, 15) is 14.4 Å². The number of nitrogens with one attached hydrogen (secondary N) is 3. The first kappa shape index (κ1) is 22.9. The first-order valence-electron chi connectivity index (χ1n) is 9.10. The molecule has 0 bridgehead atoms. The van der Waals surface area contributed by atoms with Gasteiger partial charge in [-0.2, -0.15) is 0 Å². The summed E-state index contributed by atoms with van der Waals surface area (Å²) in [5.74, 6) is -1.26. The standard InChI is InChI=1S/C20H24ClN3O4S/c1-5-28-20(27)16-11(2)17(18(26)22-4)29-19(16)24-15(25)10-23-12(3)13-8-6-7-9-14(13)21/h6-9,12,23H,5,10H2,1-4H3,(H,22,26)(H,24,25). The van der Waals surface area contributed by atoms with Gasteiger partial charge in [-0.25, -0.2) is 4.79 Å². The van der Waals surface area contributed by atoms with Crippen molar-refractivity contribution in [3.05, 3.63) is 50.9 Å². The van der Waals surface area contributed by atoms with E-state index in [0.29, 0.717) is 15.5 Å². The minimum absolute atomic E-state index is 0.000903. The monoisotopic (exact) mass is 437 g/mol. The summed E-state index contributed by atoms with van der Waals surface area (Å²) in [4.78, 5) is 37.3. The molecule has 0 saturated heterocycles. The van der Waals surface area contributed by atoms with E-state index in [2.05, 4.69) is 16.0 Å². The first-order valence-corrected chi connectivity index (χ1v) is 10.3. The molecule has 2 rings (SSSR count). The molecular formula is C20H24ClN3O4S. The molecular weight excluding hydrogens is 414 g/mol. The molecule has 0 radical (unpaired) electrons. The number of benzene rings is 1. The van der Waals surface area contributed by atoms with Crippen molar-refractivity contribution < 1.29 is 19.1 Å². The van der Waals surface area contributed by atoms with Crippen LogP contribution in [0.25, 0.3) is 0 Å². The highest BCUT2D eigenvalue weighted by Gasteiger charge is 2.26. The summed E-state index contributed by atoms with van der Waals surface area (Å²) in [5, 5.41) is 9.25. The van der Waals surface area contributed by atoms with Crippen molar-refractivity contribution in [2.75, 3.05) is 25.5 Å². The molecule has 0 aliphatic rings. The number of halogens is 1. The van der Waals surface area contributed by atoms with Crippen molar-refractivity contribution in [3.8, 4) is 0 Å². The van der Waals surface area contributed by atoms with Crippen LogP contribution in [0.2, 0.25) is 5.02 Å². The predicted octanol–water partition coefficient (Wildman–Crippen LogP) is 3.54. The van der Waals surface area contributed by atoms with Crippen LogP contribution >= 0.6 is 22.9 Å². The zero-order chi connectivity index (χ0) is 21.6. The second-order valence-corrected chi connectivity index (χ2v) is 7.66.